The van der Waals surface area contributed by atoms with Crippen LogP contribution in [0.15, 0.2) is 36.4 Å². The molecule has 156 valence electrons. The third-order valence-electron chi connectivity index (χ3n) is 4.81. The lowest BCUT2D eigenvalue weighted by atomic mass is 10.1. The van der Waals surface area contributed by atoms with Gasteiger partial charge < -0.3 is 15.0 Å². The molecule has 0 spiro atoms. The molecule has 1 N–H and O–H groups in total. The predicted molar refractivity (Wildman–Crippen MR) is 117 cm³/mol. The van der Waals surface area contributed by atoms with Crippen molar-refractivity contribution < 1.29 is 14.3 Å². The smallest absolute Gasteiger partial charge is 0.261 e. The van der Waals surface area contributed by atoms with Gasteiger partial charge in [0.15, 0.2) is 6.61 Å². The Morgan fingerprint density at radius 3 is 2.38 bits per heavy atom. The van der Waals surface area contributed by atoms with Crippen LogP contribution in [-0.2, 0) is 16.1 Å². The van der Waals surface area contributed by atoms with E-state index in [9.17, 15) is 9.59 Å². The van der Waals surface area contributed by atoms with Crippen molar-refractivity contribution in [2.75, 3.05) is 13.7 Å². The number of aryl methyl sites for hydroxylation is 2. The van der Waals surface area contributed by atoms with Gasteiger partial charge in [-0.15, -0.1) is 0 Å². The van der Waals surface area contributed by atoms with Gasteiger partial charge >= 0.3 is 0 Å². The average Bonchev–Trinajstić information content (AvgIpc) is 2.70. The van der Waals surface area contributed by atoms with Crippen LogP contribution in [0.1, 0.15) is 30.0 Å². The minimum absolute atomic E-state index is 0.169. The highest BCUT2D eigenvalue weighted by Crippen LogP contribution is 2.24. The largest absolute Gasteiger partial charge is 0.484 e. The molecule has 0 saturated carbocycles. The molecule has 0 aromatic heterocycles. The number of hydrogen-bond acceptors (Lipinski definition) is 3. The lowest BCUT2D eigenvalue weighted by Crippen LogP contribution is -2.49. The van der Waals surface area contributed by atoms with Crippen LogP contribution in [0.5, 0.6) is 5.75 Å². The number of nitrogens with one attached hydrogen (secondary N) is 1. The predicted octanol–water partition coefficient (Wildman–Crippen LogP) is 4.54. The highest BCUT2D eigenvalue weighted by atomic mass is 35.5. The van der Waals surface area contributed by atoms with Gasteiger partial charge in [0, 0.05) is 13.6 Å². The van der Waals surface area contributed by atoms with E-state index in [1.165, 1.54) is 4.90 Å². The highest BCUT2D eigenvalue weighted by molar-refractivity contribution is 6.42. The Morgan fingerprint density at radius 1 is 1.07 bits per heavy atom. The first-order chi connectivity index (χ1) is 13.8. The number of amides is 2. The molecule has 2 rings (SSSR count). The molecule has 0 saturated heterocycles. The van der Waals surface area contributed by atoms with Gasteiger partial charge in [0.25, 0.3) is 5.91 Å². The monoisotopic (exact) mass is 436 g/mol. The van der Waals surface area contributed by atoms with Gasteiger partial charge in [-0.2, -0.15) is 0 Å². The zero-order chi connectivity index (χ0) is 21.6. The van der Waals surface area contributed by atoms with Gasteiger partial charge in [0.2, 0.25) is 5.91 Å². The summed E-state index contributed by atoms with van der Waals surface area (Å²) < 4.78 is 5.70. The molecule has 0 heterocycles. The van der Waals surface area contributed by atoms with Crippen molar-refractivity contribution in [1.29, 1.82) is 0 Å². The third kappa shape index (κ3) is 6.12. The summed E-state index contributed by atoms with van der Waals surface area (Å²) in [6, 6.07) is 10.2. The molecular formula is C22H26Cl2N2O3. The first-order valence-corrected chi connectivity index (χ1v) is 10.2. The van der Waals surface area contributed by atoms with Crippen molar-refractivity contribution in [1.82, 2.24) is 10.2 Å². The number of likely N-dealkylation sites (N-methyl/N-ethyl adjacent to an activating group) is 1. The van der Waals surface area contributed by atoms with Gasteiger partial charge in [0.05, 0.1) is 10.0 Å². The van der Waals surface area contributed by atoms with Crippen LogP contribution in [0, 0.1) is 13.8 Å². The summed E-state index contributed by atoms with van der Waals surface area (Å²) in [5.41, 5.74) is 3.01. The number of nitrogens with zero attached hydrogens (tertiary/aromatic N) is 1. The van der Waals surface area contributed by atoms with Crippen molar-refractivity contribution in [2.24, 2.45) is 0 Å². The van der Waals surface area contributed by atoms with Crippen LogP contribution in [0.4, 0.5) is 0 Å². The van der Waals surface area contributed by atoms with Crippen LogP contribution < -0.4 is 10.1 Å². The van der Waals surface area contributed by atoms with Crippen LogP contribution in [-0.4, -0.2) is 36.4 Å². The van der Waals surface area contributed by atoms with Crippen LogP contribution >= 0.6 is 23.2 Å². The van der Waals surface area contributed by atoms with Crippen LogP contribution in [0.2, 0.25) is 10.0 Å². The van der Waals surface area contributed by atoms with Crippen molar-refractivity contribution >= 4 is 35.0 Å². The minimum atomic E-state index is -0.620. The maximum atomic E-state index is 13.0. The topological polar surface area (TPSA) is 58.6 Å². The standard InChI is InChI=1S/C22H26Cl2N2O3/c1-5-20(22(28)25-4)26(12-16-7-9-18(23)19(24)11-16)21(27)13-29-17-8-6-14(2)15(3)10-17/h6-11,20H,5,12-13H2,1-4H3,(H,25,28). The number of benzene rings is 2. The van der Waals surface area contributed by atoms with Gasteiger partial charge in [-0.1, -0.05) is 42.3 Å². The van der Waals surface area contributed by atoms with Crippen LogP contribution in [0.3, 0.4) is 0 Å². The Kier molecular flexibility index (Phi) is 8.35. The van der Waals surface area contributed by atoms with E-state index in [0.717, 1.165) is 16.7 Å². The van der Waals surface area contributed by atoms with E-state index < -0.39 is 6.04 Å². The molecule has 0 fully saturated rings. The molecule has 2 aromatic rings. The van der Waals surface area contributed by atoms with E-state index >= 15 is 0 Å². The molecule has 0 radical (unpaired) electrons. The molecule has 1 atom stereocenters. The molecule has 5 nitrogen and oxygen atoms in total. The maximum Gasteiger partial charge on any atom is 0.261 e. The molecule has 0 bridgehead atoms. The molecule has 0 aliphatic rings. The summed E-state index contributed by atoms with van der Waals surface area (Å²) in [6.07, 6.45) is 0.469. The summed E-state index contributed by atoms with van der Waals surface area (Å²) in [5, 5.41) is 3.46. The first-order valence-electron chi connectivity index (χ1n) is 9.41. The van der Waals surface area contributed by atoms with Crippen molar-refractivity contribution in [3.05, 3.63) is 63.1 Å². The maximum absolute atomic E-state index is 13.0. The zero-order valence-electron chi connectivity index (χ0n) is 17.1. The van der Waals surface area contributed by atoms with Crippen molar-refractivity contribution in [3.8, 4) is 5.75 Å². The fourth-order valence-electron chi connectivity index (χ4n) is 2.95. The Hall–Kier alpha value is -2.24. The van der Waals surface area contributed by atoms with Crippen LogP contribution in [0.25, 0.3) is 0 Å². The SMILES string of the molecule is CCC(C(=O)NC)N(Cc1ccc(Cl)c(Cl)c1)C(=O)COc1ccc(C)c(C)c1. The van der Waals surface area contributed by atoms with E-state index in [-0.39, 0.29) is 25.0 Å². The second kappa shape index (κ2) is 10.5. The van der Waals surface area contributed by atoms with Gasteiger partial charge in [-0.05, 0) is 61.2 Å². The Balaban J connectivity index is 2.22. The summed E-state index contributed by atoms with van der Waals surface area (Å²) in [6.45, 7) is 5.91. The summed E-state index contributed by atoms with van der Waals surface area (Å²) in [5.74, 6) is 0.0979. The molecule has 7 heteroatoms. The van der Waals surface area contributed by atoms with Crippen molar-refractivity contribution in [3.63, 3.8) is 0 Å². The third-order valence-corrected chi connectivity index (χ3v) is 5.55. The van der Waals surface area contributed by atoms with Gasteiger partial charge in [0.1, 0.15) is 11.8 Å². The number of hydrogen-bond donors (Lipinski definition) is 1. The fraction of sp³-hybridized carbons (Fsp3) is 0.364. The second-order valence-electron chi connectivity index (χ2n) is 6.84. The quantitative estimate of drug-likeness (QED) is 0.660. The number of ether oxygens (including phenoxy) is 1. The molecule has 2 aromatic carbocycles. The van der Waals surface area contributed by atoms with E-state index in [0.29, 0.717) is 22.2 Å². The normalized spacial score (nSPS) is 11.7. The molecule has 29 heavy (non-hydrogen) atoms. The average molecular weight is 437 g/mol. The Labute approximate surface area is 181 Å². The number of carbonyl (C=O) groups is 2. The Morgan fingerprint density at radius 2 is 1.79 bits per heavy atom. The van der Waals surface area contributed by atoms with Gasteiger partial charge in [-0.25, -0.2) is 0 Å². The lowest BCUT2D eigenvalue weighted by molar-refractivity contribution is -0.142. The fourth-order valence-corrected chi connectivity index (χ4v) is 3.27. The second-order valence-corrected chi connectivity index (χ2v) is 7.66. The van der Waals surface area contributed by atoms with Gasteiger partial charge in [-0.3, -0.25) is 9.59 Å². The highest BCUT2D eigenvalue weighted by Gasteiger charge is 2.28. The molecule has 0 aliphatic carbocycles. The number of carbonyl (C=O) groups excluding carboxylic acids is 2. The van der Waals surface area contributed by atoms with E-state index in [1.807, 2.05) is 39.0 Å². The molecule has 2 amide bonds. The van der Waals surface area contributed by atoms with Crippen molar-refractivity contribution in [2.45, 2.75) is 39.8 Å². The minimum Gasteiger partial charge on any atom is -0.484 e. The van der Waals surface area contributed by atoms with E-state index in [1.54, 1.807) is 25.2 Å². The number of halogens is 2. The lowest BCUT2D eigenvalue weighted by Gasteiger charge is -2.30. The zero-order valence-corrected chi connectivity index (χ0v) is 18.6. The summed E-state index contributed by atoms with van der Waals surface area (Å²) in [4.78, 5) is 26.9. The first kappa shape index (κ1) is 23.0. The molecule has 1 unspecified atom stereocenters. The molecule has 0 aliphatic heterocycles. The molecular weight excluding hydrogens is 411 g/mol. The number of rotatable bonds is 8. The van der Waals surface area contributed by atoms with E-state index in [2.05, 4.69) is 5.32 Å². The summed E-state index contributed by atoms with van der Waals surface area (Å²) >= 11 is 12.1. The van der Waals surface area contributed by atoms with E-state index in [4.69, 9.17) is 27.9 Å². The Bertz CT molecular complexity index is 886. The summed E-state index contributed by atoms with van der Waals surface area (Å²) in [7, 11) is 1.55.